The standard InChI is InChI=1S/C15H17FN2/c1-2-8-17-11-15-7-4-9-18(15)12-13-5-3-6-14(16)10-13/h2-7,9-10,17H,1,8,11-12H2/p+1. The second-order valence-electron chi connectivity index (χ2n) is 4.27. The van der Waals surface area contributed by atoms with Crippen molar-refractivity contribution in [3.8, 4) is 0 Å². The van der Waals surface area contributed by atoms with Crippen molar-refractivity contribution in [1.29, 1.82) is 0 Å². The van der Waals surface area contributed by atoms with Crippen LogP contribution in [0.2, 0.25) is 0 Å². The van der Waals surface area contributed by atoms with E-state index < -0.39 is 0 Å². The van der Waals surface area contributed by atoms with Crippen molar-refractivity contribution in [1.82, 2.24) is 4.57 Å². The molecule has 0 saturated carbocycles. The molecule has 2 N–H and O–H groups in total. The summed E-state index contributed by atoms with van der Waals surface area (Å²) in [5.41, 5.74) is 2.22. The lowest BCUT2D eigenvalue weighted by Crippen LogP contribution is -2.82. The molecule has 0 aliphatic carbocycles. The van der Waals surface area contributed by atoms with Gasteiger partial charge in [0, 0.05) is 12.7 Å². The first-order chi connectivity index (χ1) is 8.79. The number of halogens is 1. The highest BCUT2D eigenvalue weighted by atomic mass is 19.1. The maximum absolute atomic E-state index is 13.1. The van der Waals surface area contributed by atoms with Crippen molar-refractivity contribution in [3.05, 3.63) is 72.3 Å². The summed E-state index contributed by atoms with van der Waals surface area (Å²) in [5, 5.41) is 2.18. The quantitative estimate of drug-likeness (QED) is 0.593. The average molecular weight is 245 g/mol. The van der Waals surface area contributed by atoms with Gasteiger partial charge in [-0.15, -0.1) is 0 Å². The maximum atomic E-state index is 13.1. The number of quaternary nitrogens is 1. The van der Waals surface area contributed by atoms with Crippen LogP contribution in [0.5, 0.6) is 0 Å². The van der Waals surface area contributed by atoms with E-state index in [1.165, 1.54) is 11.8 Å². The van der Waals surface area contributed by atoms with Crippen LogP contribution in [0.3, 0.4) is 0 Å². The van der Waals surface area contributed by atoms with E-state index in [2.05, 4.69) is 22.5 Å². The molecule has 1 aromatic heterocycles. The van der Waals surface area contributed by atoms with E-state index in [0.29, 0.717) is 6.54 Å². The zero-order chi connectivity index (χ0) is 12.8. The third-order valence-electron chi connectivity index (χ3n) is 2.85. The summed E-state index contributed by atoms with van der Waals surface area (Å²) in [5.74, 6) is -0.181. The highest BCUT2D eigenvalue weighted by Crippen LogP contribution is 2.08. The topological polar surface area (TPSA) is 21.5 Å². The molecule has 94 valence electrons. The molecule has 0 unspecified atom stereocenters. The summed E-state index contributed by atoms with van der Waals surface area (Å²) in [6.45, 7) is 6.23. The van der Waals surface area contributed by atoms with Crippen molar-refractivity contribution >= 4 is 0 Å². The first kappa shape index (κ1) is 12.6. The van der Waals surface area contributed by atoms with E-state index in [1.54, 1.807) is 12.1 Å². The fourth-order valence-electron chi connectivity index (χ4n) is 1.97. The molecular formula is C15H18FN2+. The molecule has 1 heterocycles. The van der Waals surface area contributed by atoms with Crippen LogP contribution in [0.4, 0.5) is 4.39 Å². The van der Waals surface area contributed by atoms with E-state index in [9.17, 15) is 4.39 Å². The average Bonchev–Trinajstić information content (AvgIpc) is 2.77. The lowest BCUT2D eigenvalue weighted by Gasteiger charge is -2.08. The maximum Gasteiger partial charge on any atom is 0.123 e. The summed E-state index contributed by atoms with van der Waals surface area (Å²) >= 11 is 0. The predicted molar refractivity (Wildman–Crippen MR) is 70.6 cm³/mol. The second kappa shape index (κ2) is 6.17. The van der Waals surface area contributed by atoms with Crippen molar-refractivity contribution in [2.75, 3.05) is 6.54 Å². The number of nitrogens with two attached hydrogens (primary N) is 1. The van der Waals surface area contributed by atoms with Crippen LogP contribution in [0.1, 0.15) is 11.3 Å². The molecular weight excluding hydrogens is 227 g/mol. The minimum Gasteiger partial charge on any atom is -0.342 e. The summed E-state index contributed by atoms with van der Waals surface area (Å²) in [6.07, 6.45) is 3.92. The van der Waals surface area contributed by atoms with Gasteiger partial charge < -0.3 is 9.88 Å². The van der Waals surface area contributed by atoms with Crippen LogP contribution in [0, 0.1) is 5.82 Å². The highest BCUT2D eigenvalue weighted by molar-refractivity contribution is 5.18. The Morgan fingerprint density at radius 1 is 1.28 bits per heavy atom. The molecule has 0 aliphatic heterocycles. The third-order valence-corrected chi connectivity index (χ3v) is 2.85. The lowest BCUT2D eigenvalue weighted by atomic mass is 10.2. The Kier molecular flexibility index (Phi) is 4.31. The van der Waals surface area contributed by atoms with Gasteiger partial charge in [0.05, 0.1) is 12.2 Å². The third kappa shape index (κ3) is 3.31. The molecule has 0 radical (unpaired) electrons. The van der Waals surface area contributed by atoms with Crippen molar-refractivity contribution in [2.24, 2.45) is 0 Å². The summed E-state index contributed by atoms with van der Waals surface area (Å²) in [7, 11) is 0. The Hall–Kier alpha value is -1.87. The largest absolute Gasteiger partial charge is 0.342 e. The Morgan fingerprint density at radius 3 is 2.94 bits per heavy atom. The molecule has 0 atom stereocenters. The molecule has 18 heavy (non-hydrogen) atoms. The normalized spacial score (nSPS) is 10.5. The molecule has 3 heteroatoms. The van der Waals surface area contributed by atoms with Gasteiger partial charge in [-0.3, -0.25) is 0 Å². The molecule has 0 spiro atoms. The number of benzene rings is 1. The lowest BCUT2D eigenvalue weighted by molar-refractivity contribution is -0.662. The Labute approximate surface area is 107 Å². The Bertz CT molecular complexity index is 517. The van der Waals surface area contributed by atoms with Crippen LogP contribution in [0.15, 0.2) is 55.3 Å². The molecule has 0 saturated heterocycles. The van der Waals surface area contributed by atoms with Gasteiger partial charge in [0.15, 0.2) is 0 Å². The number of nitrogens with zero attached hydrogens (tertiary/aromatic N) is 1. The molecule has 2 nitrogen and oxygen atoms in total. The van der Waals surface area contributed by atoms with E-state index in [1.807, 2.05) is 24.4 Å². The van der Waals surface area contributed by atoms with E-state index in [0.717, 1.165) is 18.7 Å². The molecule has 0 fully saturated rings. The van der Waals surface area contributed by atoms with Crippen LogP contribution in [-0.4, -0.2) is 11.1 Å². The van der Waals surface area contributed by atoms with Gasteiger partial charge in [-0.05, 0) is 35.9 Å². The zero-order valence-corrected chi connectivity index (χ0v) is 10.3. The fourth-order valence-corrected chi connectivity index (χ4v) is 1.97. The van der Waals surface area contributed by atoms with E-state index in [-0.39, 0.29) is 5.82 Å². The number of rotatable bonds is 6. The van der Waals surface area contributed by atoms with Gasteiger partial charge in [0.1, 0.15) is 12.4 Å². The summed E-state index contributed by atoms with van der Waals surface area (Å²) < 4.78 is 15.3. The number of hydrogen-bond donors (Lipinski definition) is 1. The first-order valence-electron chi connectivity index (χ1n) is 6.10. The smallest absolute Gasteiger partial charge is 0.123 e. The minimum atomic E-state index is -0.181. The van der Waals surface area contributed by atoms with Crippen molar-refractivity contribution < 1.29 is 9.71 Å². The van der Waals surface area contributed by atoms with E-state index >= 15 is 0 Å². The number of hydrogen-bond acceptors (Lipinski definition) is 0. The zero-order valence-electron chi connectivity index (χ0n) is 10.3. The minimum absolute atomic E-state index is 0.181. The van der Waals surface area contributed by atoms with Gasteiger partial charge >= 0.3 is 0 Å². The fraction of sp³-hybridized carbons (Fsp3) is 0.200. The molecule has 0 aliphatic rings. The summed E-state index contributed by atoms with van der Waals surface area (Å²) in [6, 6.07) is 10.9. The van der Waals surface area contributed by atoms with Gasteiger partial charge in [-0.1, -0.05) is 18.7 Å². The molecule has 2 rings (SSSR count). The van der Waals surface area contributed by atoms with Crippen molar-refractivity contribution in [3.63, 3.8) is 0 Å². The first-order valence-corrected chi connectivity index (χ1v) is 6.10. The van der Waals surface area contributed by atoms with Gasteiger partial charge in [0.25, 0.3) is 0 Å². The van der Waals surface area contributed by atoms with Gasteiger partial charge in [0.2, 0.25) is 0 Å². The van der Waals surface area contributed by atoms with Crippen LogP contribution >= 0.6 is 0 Å². The van der Waals surface area contributed by atoms with E-state index in [4.69, 9.17) is 0 Å². The second-order valence-corrected chi connectivity index (χ2v) is 4.27. The molecule has 0 amide bonds. The Morgan fingerprint density at radius 2 is 2.17 bits per heavy atom. The molecule has 1 aromatic carbocycles. The summed E-state index contributed by atoms with van der Waals surface area (Å²) in [4.78, 5) is 0. The monoisotopic (exact) mass is 245 g/mol. The predicted octanol–water partition coefficient (Wildman–Crippen LogP) is 1.92. The Balaban J connectivity index is 2.05. The SMILES string of the molecule is C=CC[NH2+]Cc1cccn1Cc1cccc(F)c1. The van der Waals surface area contributed by atoms with Crippen LogP contribution in [0.25, 0.3) is 0 Å². The van der Waals surface area contributed by atoms with Gasteiger partial charge in [-0.2, -0.15) is 0 Å². The van der Waals surface area contributed by atoms with Gasteiger partial charge in [-0.25, -0.2) is 4.39 Å². The molecule has 0 bridgehead atoms. The van der Waals surface area contributed by atoms with Crippen LogP contribution in [-0.2, 0) is 13.1 Å². The highest BCUT2D eigenvalue weighted by Gasteiger charge is 2.03. The molecule has 2 aromatic rings. The van der Waals surface area contributed by atoms with Crippen LogP contribution < -0.4 is 5.32 Å². The number of aromatic nitrogens is 1. The van der Waals surface area contributed by atoms with Crippen molar-refractivity contribution in [2.45, 2.75) is 13.1 Å².